The molecule has 24 heavy (non-hydrogen) atoms. The van der Waals surface area contributed by atoms with Gasteiger partial charge < -0.3 is 5.32 Å². The molecule has 0 unspecified atom stereocenters. The molecule has 1 heterocycles. The number of carbonyl (C=O) groups is 2. The van der Waals surface area contributed by atoms with Crippen LogP contribution in [-0.2, 0) is 19.3 Å². The highest BCUT2D eigenvalue weighted by Crippen LogP contribution is 2.26. The molecule has 0 spiro atoms. The molecule has 122 valence electrons. The Hall–Kier alpha value is -2.49. The van der Waals surface area contributed by atoms with Gasteiger partial charge in [-0.3, -0.25) is 14.6 Å². The summed E-state index contributed by atoms with van der Waals surface area (Å²) in [4.78, 5) is 28.7. The molecule has 1 amide bonds. The number of benzene rings is 1. The Kier molecular flexibility index (Phi) is 3.89. The first kappa shape index (κ1) is 15.1. The van der Waals surface area contributed by atoms with Crippen molar-refractivity contribution in [3.63, 3.8) is 0 Å². The number of aryl methyl sites for hydroxylation is 1. The largest absolute Gasteiger partial charge is 0.352 e. The van der Waals surface area contributed by atoms with Gasteiger partial charge in [-0.15, -0.1) is 0 Å². The fraction of sp³-hybridized carbons (Fsp3) is 0.350. The van der Waals surface area contributed by atoms with E-state index in [1.807, 2.05) is 0 Å². The quantitative estimate of drug-likeness (QED) is 0.946. The lowest BCUT2D eigenvalue weighted by atomic mass is 9.94. The van der Waals surface area contributed by atoms with Crippen LogP contribution in [0.5, 0.6) is 0 Å². The van der Waals surface area contributed by atoms with Gasteiger partial charge in [0.25, 0.3) is 5.91 Å². The maximum atomic E-state index is 12.4. The highest BCUT2D eigenvalue weighted by Gasteiger charge is 2.23. The highest BCUT2D eigenvalue weighted by atomic mass is 16.1. The van der Waals surface area contributed by atoms with Crippen molar-refractivity contribution in [1.29, 1.82) is 0 Å². The van der Waals surface area contributed by atoms with Gasteiger partial charge in [-0.05, 0) is 48.8 Å². The van der Waals surface area contributed by atoms with Gasteiger partial charge in [0.15, 0.2) is 5.78 Å². The Bertz CT molecular complexity index is 788. The van der Waals surface area contributed by atoms with Gasteiger partial charge in [0.2, 0.25) is 0 Å². The molecule has 2 aliphatic carbocycles. The highest BCUT2D eigenvalue weighted by molar-refractivity contribution is 6.01. The zero-order chi connectivity index (χ0) is 16.5. The summed E-state index contributed by atoms with van der Waals surface area (Å²) in [5, 5.41) is 3.01. The zero-order valence-electron chi connectivity index (χ0n) is 13.5. The van der Waals surface area contributed by atoms with Gasteiger partial charge in [-0.25, -0.2) is 0 Å². The molecule has 4 nitrogen and oxygen atoms in total. The molecule has 4 rings (SSSR count). The van der Waals surface area contributed by atoms with E-state index in [0.29, 0.717) is 30.0 Å². The Morgan fingerprint density at radius 2 is 1.92 bits per heavy atom. The molecule has 0 fully saturated rings. The van der Waals surface area contributed by atoms with Gasteiger partial charge >= 0.3 is 0 Å². The summed E-state index contributed by atoms with van der Waals surface area (Å²) in [7, 11) is 0. The summed E-state index contributed by atoms with van der Waals surface area (Å²) in [5.41, 5.74) is 4.71. The summed E-state index contributed by atoms with van der Waals surface area (Å²) in [6.07, 6.45) is 5.85. The third-order valence-electron chi connectivity index (χ3n) is 5.04. The number of fused-ring (bicyclic) bond motifs is 2. The van der Waals surface area contributed by atoms with Crippen molar-refractivity contribution in [2.45, 2.75) is 32.1 Å². The number of carbonyl (C=O) groups excluding carboxylic acids is 2. The van der Waals surface area contributed by atoms with E-state index in [0.717, 1.165) is 31.4 Å². The van der Waals surface area contributed by atoms with Crippen LogP contribution in [-0.4, -0.2) is 23.2 Å². The van der Waals surface area contributed by atoms with E-state index >= 15 is 0 Å². The molecule has 0 saturated heterocycles. The number of hydrogen-bond donors (Lipinski definition) is 1. The average molecular weight is 320 g/mol. The summed E-state index contributed by atoms with van der Waals surface area (Å²) in [6, 6.07) is 10.2. The van der Waals surface area contributed by atoms with E-state index in [-0.39, 0.29) is 11.7 Å². The minimum absolute atomic E-state index is 0.102. The van der Waals surface area contributed by atoms with Crippen LogP contribution in [0, 0.1) is 5.92 Å². The molecular weight excluding hydrogens is 300 g/mol. The monoisotopic (exact) mass is 320 g/mol. The van der Waals surface area contributed by atoms with E-state index in [4.69, 9.17) is 0 Å². The SMILES string of the molecule is O=C(NCC1Cc2ccccc2C1)c1cnc2c(c1)C(=O)CCC2. The molecule has 1 aromatic carbocycles. The van der Waals surface area contributed by atoms with E-state index in [1.54, 1.807) is 12.3 Å². The van der Waals surface area contributed by atoms with Crippen LogP contribution in [0.1, 0.15) is 50.4 Å². The Morgan fingerprint density at radius 1 is 1.17 bits per heavy atom. The minimum Gasteiger partial charge on any atom is -0.352 e. The molecule has 4 heteroatoms. The molecule has 1 N–H and O–H groups in total. The van der Waals surface area contributed by atoms with Crippen molar-refractivity contribution < 1.29 is 9.59 Å². The summed E-state index contributed by atoms with van der Waals surface area (Å²) in [6.45, 7) is 0.651. The van der Waals surface area contributed by atoms with Gasteiger partial charge in [-0.2, -0.15) is 0 Å². The van der Waals surface area contributed by atoms with Crippen LogP contribution in [0.2, 0.25) is 0 Å². The molecule has 0 bridgehead atoms. The first-order valence-corrected chi connectivity index (χ1v) is 8.58. The van der Waals surface area contributed by atoms with Crippen LogP contribution in [0.25, 0.3) is 0 Å². The number of ketones is 1. The number of aromatic nitrogens is 1. The normalized spacial score (nSPS) is 16.6. The van der Waals surface area contributed by atoms with Crippen molar-refractivity contribution >= 4 is 11.7 Å². The number of hydrogen-bond acceptors (Lipinski definition) is 3. The summed E-state index contributed by atoms with van der Waals surface area (Å²) >= 11 is 0. The second-order valence-electron chi connectivity index (χ2n) is 6.75. The van der Waals surface area contributed by atoms with Crippen molar-refractivity contribution in [1.82, 2.24) is 10.3 Å². The molecule has 0 atom stereocenters. The second kappa shape index (κ2) is 6.19. The lowest BCUT2D eigenvalue weighted by molar-refractivity contribution is 0.0947. The van der Waals surface area contributed by atoms with E-state index in [1.165, 1.54) is 11.1 Å². The number of amides is 1. The number of pyridine rings is 1. The van der Waals surface area contributed by atoms with Crippen LogP contribution < -0.4 is 5.32 Å². The number of nitrogens with zero attached hydrogens (tertiary/aromatic N) is 1. The van der Waals surface area contributed by atoms with Crippen molar-refractivity contribution in [2.75, 3.05) is 6.54 Å². The molecule has 0 radical (unpaired) electrons. The van der Waals surface area contributed by atoms with Crippen LogP contribution in [0.15, 0.2) is 36.5 Å². The number of Topliss-reactive ketones (excluding diaryl/α,β-unsaturated/α-hetero) is 1. The maximum absolute atomic E-state index is 12.4. The maximum Gasteiger partial charge on any atom is 0.252 e. The summed E-state index contributed by atoms with van der Waals surface area (Å²) in [5.74, 6) is 0.405. The molecule has 2 aromatic rings. The third-order valence-corrected chi connectivity index (χ3v) is 5.04. The fourth-order valence-corrected chi connectivity index (χ4v) is 3.74. The molecule has 1 aromatic heterocycles. The van der Waals surface area contributed by atoms with E-state index in [2.05, 4.69) is 34.6 Å². The first-order chi connectivity index (χ1) is 11.7. The first-order valence-electron chi connectivity index (χ1n) is 8.58. The van der Waals surface area contributed by atoms with Gasteiger partial charge in [0.1, 0.15) is 0 Å². The second-order valence-corrected chi connectivity index (χ2v) is 6.75. The average Bonchev–Trinajstić information content (AvgIpc) is 3.03. The zero-order valence-corrected chi connectivity index (χ0v) is 13.5. The lowest BCUT2D eigenvalue weighted by Crippen LogP contribution is -2.30. The fourth-order valence-electron chi connectivity index (χ4n) is 3.74. The molecule has 0 aliphatic heterocycles. The molecular formula is C20H20N2O2. The molecule has 2 aliphatic rings. The van der Waals surface area contributed by atoms with Gasteiger partial charge in [-0.1, -0.05) is 24.3 Å². The van der Waals surface area contributed by atoms with E-state index in [9.17, 15) is 9.59 Å². The van der Waals surface area contributed by atoms with Crippen LogP contribution in [0.4, 0.5) is 0 Å². The van der Waals surface area contributed by atoms with Crippen LogP contribution >= 0.6 is 0 Å². The lowest BCUT2D eigenvalue weighted by Gasteiger charge is -2.15. The smallest absolute Gasteiger partial charge is 0.252 e. The van der Waals surface area contributed by atoms with Crippen molar-refractivity contribution in [3.8, 4) is 0 Å². The summed E-state index contributed by atoms with van der Waals surface area (Å²) < 4.78 is 0. The standard InChI is InChI=1S/C20H20N2O2/c23-19-7-3-6-18-17(19)10-16(12-21-18)20(24)22-11-13-8-14-4-1-2-5-15(14)9-13/h1-2,4-5,10,12-13H,3,6-9,11H2,(H,22,24). The van der Waals surface area contributed by atoms with E-state index < -0.39 is 0 Å². The predicted octanol–water partition coefficient (Wildman–Crippen LogP) is 2.75. The Labute approximate surface area is 141 Å². The van der Waals surface area contributed by atoms with Crippen LogP contribution in [0.3, 0.4) is 0 Å². The predicted molar refractivity (Wildman–Crippen MR) is 91.2 cm³/mol. The Morgan fingerprint density at radius 3 is 2.67 bits per heavy atom. The number of nitrogens with one attached hydrogen (secondary N) is 1. The van der Waals surface area contributed by atoms with Crippen molar-refractivity contribution in [3.05, 3.63) is 64.5 Å². The van der Waals surface area contributed by atoms with Gasteiger partial charge in [0.05, 0.1) is 11.3 Å². The molecule has 0 saturated carbocycles. The van der Waals surface area contributed by atoms with Gasteiger partial charge in [0, 0.05) is 24.7 Å². The topological polar surface area (TPSA) is 59.1 Å². The van der Waals surface area contributed by atoms with Crippen molar-refractivity contribution in [2.24, 2.45) is 5.92 Å². The number of rotatable bonds is 3. The minimum atomic E-state index is -0.139. The third kappa shape index (κ3) is 2.84. The Balaban J connectivity index is 1.41.